The van der Waals surface area contributed by atoms with Gasteiger partial charge in [0.05, 0.1) is 17.7 Å². The van der Waals surface area contributed by atoms with Crippen molar-refractivity contribution in [1.29, 1.82) is 0 Å². The molecule has 2 aromatic rings. The van der Waals surface area contributed by atoms with Crippen LogP contribution in [0.2, 0.25) is 0 Å². The third-order valence-electron chi connectivity index (χ3n) is 5.62. The van der Waals surface area contributed by atoms with Crippen LogP contribution in [0.25, 0.3) is 0 Å². The number of likely N-dealkylation sites (tertiary alicyclic amines) is 1. The van der Waals surface area contributed by atoms with Crippen molar-refractivity contribution in [3.8, 4) is 0 Å². The van der Waals surface area contributed by atoms with E-state index in [0.29, 0.717) is 11.8 Å². The Morgan fingerprint density at radius 1 is 1.16 bits per heavy atom. The molecule has 2 fully saturated rings. The highest BCUT2D eigenvalue weighted by molar-refractivity contribution is 7.07. The Balaban J connectivity index is 1.44. The van der Waals surface area contributed by atoms with Crippen LogP contribution in [0, 0.1) is 5.92 Å². The molecule has 1 saturated heterocycles. The fourth-order valence-corrected chi connectivity index (χ4v) is 4.85. The second kappa shape index (κ2) is 7.68. The van der Waals surface area contributed by atoms with E-state index in [9.17, 15) is 4.79 Å². The number of hydrogen-bond donors (Lipinski definition) is 0. The van der Waals surface area contributed by atoms with E-state index in [0.717, 1.165) is 56.8 Å². The number of thiazole rings is 1. The minimum Gasteiger partial charge on any atom is -0.342 e. The maximum Gasteiger partial charge on any atom is 0.225 e. The first kappa shape index (κ1) is 16.8. The van der Waals surface area contributed by atoms with Crippen molar-refractivity contribution in [2.45, 2.75) is 57.4 Å². The second-order valence-electron chi connectivity index (χ2n) is 7.35. The van der Waals surface area contributed by atoms with Gasteiger partial charge in [-0.3, -0.25) is 4.79 Å². The summed E-state index contributed by atoms with van der Waals surface area (Å²) < 4.78 is 2.20. The molecule has 3 heterocycles. The van der Waals surface area contributed by atoms with Gasteiger partial charge in [-0.2, -0.15) is 0 Å². The Hall–Kier alpha value is -1.69. The summed E-state index contributed by atoms with van der Waals surface area (Å²) in [5, 5.41) is 2.09. The smallest absolute Gasteiger partial charge is 0.225 e. The molecule has 25 heavy (non-hydrogen) atoms. The molecule has 0 bridgehead atoms. The maximum absolute atomic E-state index is 12.9. The monoisotopic (exact) mass is 358 g/mol. The molecule has 0 N–H and O–H groups in total. The molecule has 1 saturated carbocycles. The van der Waals surface area contributed by atoms with Crippen LogP contribution in [0.5, 0.6) is 0 Å². The normalized spacial score (nSPS) is 22.2. The summed E-state index contributed by atoms with van der Waals surface area (Å²) in [6.07, 6.45) is 12.0. The van der Waals surface area contributed by atoms with Gasteiger partial charge in [0, 0.05) is 42.7 Å². The van der Waals surface area contributed by atoms with Crippen molar-refractivity contribution < 1.29 is 4.79 Å². The van der Waals surface area contributed by atoms with Gasteiger partial charge in [0.15, 0.2) is 0 Å². The number of carbonyl (C=O) groups excluding carboxylic acids is 1. The van der Waals surface area contributed by atoms with E-state index in [1.807, 2.05) is 17.9 Å². The van der Waals surface area contributed by atoms with Crippen LogP contribution in [-0.2, 0) is 11.3 Å². The third kappa shape index (κ3) is 3.78. The topological polar surface area (TPSA) is 51.0 Å². The van der Waals surface area contributed by atoms with Gasteiger partial charge in [0.1, 0.15) is 5.82 Å². The van der Waals surface area contributed by atoms with Crippen molar-refractivity contribution in [2.24, 2.45) is 5.92 Å². The number of hydrogen-bond acceptors (Lipinski definition) is 4. The standard InChI is InChI=1S/C19H26N4OS/c24-19(15-5-2-1-3-6-15)23-9-4-7-16(11-23)18-20-8-10-22(18)12-17-13-25-14-21-17/h8,10,13-16H,1-7,9,11-12H2/t16-/m0/s1. The molecule has 2 aromatic heterocycles. The Morgan fingerprint density at radius 2 is 2.04 bits per heavy atom. The zero-order valence-corrected chi connectivity index (χ0v) is 15.5. The van der Waals surface area contributed by atoms with Gasteiger partial charge in [-0.1, -0.05) is 19.3 Å². The molecule has 1 atom stereocenters. The van der Waals surface area contributed by atoms with Gasteiger partial charge >= 0.3 is 0 Å². The van der Waals surface area contributed by atoms with Crippen molar-refractivity contribution in [1.82, 2.24) is 19.4 Å². The number of nitrogens with zero attached hydrogens (tertiary/aromatic N) is 4. The van der Waals surface area contributed by atoms with Gasteiger partial charge in [-0.15, -0.1) is 11.3 Å². The molecule has 1 aliphatic heterocycles. The first-order chi connectivity index (χ1) is 12.3. The molecule has 0 unspecified atom stereocenters. The van der Waals surface area contributed by atoms with Crippen LogP contribution in [0.15, 0.2) is 23.3 Å². The van der Waals surface area contributed by atoms with E-state index in [-0.39, 0.29) is 5.92 Å². The summed E-state index contributed by atoms with van der Waals surface area (Å²) >= 11 is 1.63. The lowest BCUT2D eigenvalue weighted by atomic mass is 9.87. The summed E-state index contributed by atoms with van der Waals surface area (Å²) in [5.41, 5.74) is 2.95. The Bertz CT molecular complexity index is 690. The van der Waals surface area contributed by atoms with Crippen LogP contribution in [0.1, 0.15) is 62.4 Å². The second-order valence-corrected chi connectivity index (χ2v) is 8.07. The lowest BCUT2D eigenvalue weighted by Crippen LogP contribution is -2.43. The Labute approximate surface area is 153 Å². The van der Waals surface area contributed by atoms with Crippen molar-refractivity contribution in [3.63, 3.8) is 0 Å². The molecule has 5 nitrogen and oxygen atoms in total. The molecule has 0 aromatic carbocycles. The highest BCUT2D eigenvalue weighted by Crippen LogP contribution is 2.30. The molecule has 6 heteroatoms. The van der Waals surface area contributed by atoms with E-state index < -0.39 is 0 Å². The van der Waals surface area contributed by atoms with Crippen LogP contribution in [0.3, 0.4) is 0 Å². The van der Waals surface area contributed by atoms with E-state index >= 15 is 0 Å². The molecule has 4 rings (SSSR count). The van der Waals surface area contributed by atoms with Gasteiger partial charge in [0.25, 0.3) is 0 Å². The first-order valence-electron chi connectivity index (χ1n) is 9.48. The summed E-state index contributed by atoms with van der Waals surface area (Å²) in [6.45, 7) is 2.51. The zero-order chi connectivity index (χ0) is 17.1. The number of imidazole rings is 1. The van der Waals surface area contributed by atoms with Gasteiger partial charge in [-0.05, 0) is 25.7 Å². The van der Waals surface area contributed by atoms with Crippen LogP contribution in [-0.4, -0.2) is 38.4 Å². The Morgan fingerprint density at radius 3 is 2.84 bits per heavy atom. The van der Waals surface area contributed by atoms with Gasteiger partial charge < -0.3 is 9.47 Å². The van der Waals surface area contributed by atoms with Crippen LogP contribution in [0.4, 0.5) is 0 Å². The predicted molar refractivity (Wildman–Crippen MR) is 98.6 cm³/mol. The maximum atomic E-state index is 12.9. The van der Waals surface area contributed by atoms with E-state index in [4.69, 9.17) is 0 Å². The van der Waals surface area contributed by atoms with Gasteiger partial charge in [-0.25, -0.2) is 9.97 Å². The fourth-order valence-electron chi connectivity index (χ4n) is 4.30. The SMILES string of the molecule is O=C(C1CCCCC1)N1CCC[C@H](c2nccn2Cc2cscn2)C1. The van der Waals surface area contributed by atoms with Crippen molar-refractivity contribution in [3.05, 3.63) is 34.8 Å². The Kier molecular flexibility index (Phi) is 5.15. The molecule has 2 aliphatic rings. The number of aromatic nitrogens is 3. The fraction of sp³-hybridized carbons (Fsp3) is 0.632. The highest BCUT2D eigenvalue weighted by atomic mass is 32.1. The molecule has 1 amide bonds. The van der Waals surface area contributed by atoms with Crippen LogP contribution < -0.4 is 0 Å². The molecular weight excluding hydrogens is 332 g/mol. The zero-order valence-electron chi connectivity index (χ0n) is 14.6. The average Bonchev–Trinajstić information content (AvgIpc) is 3.34. The number of piperidine rings is 1. The van der Waals surface area contributed by atoms with Crippen molar-refractivity contribution >= 4 is 17.2 Å². The molecule has 0 radical (unpaired) electrons. The quantitative estimate of drug-likeness (QED) is 0.838. The lowest BCUT2D eigenvalue weighted by molar-refractivity contribution is -0.137. The average molecular weight is 359 g/mol. The molecular formula is C19H26N4OS. The third-order valence-corrected chi connectivity index (χ3v) is 6.25. The molecule has 134 valence electrons. The minimum atomic E-state index is 0.266. The van der Waals surface area contributed by atoms with Crippen molar-refractivity contribution in [2.75, 3.05) is 13.1 Å². The summed E-state index contributed by atoms with van der Waals surface area (Å²) in [5.74, 6) is 2.10. The minimum absolute atomic E-state index is 0.266. The highest BCUT2D eigenvalue weighted by Gasteiger charge is 2.31. The molecule has 0 spiro atoms. The largest absolute Gasteiger partial charge is 0.342 e. The van der Waals surface area contributed by atoms with E-state index in [2.05, 4.69) is 24.8 Å². The predicted octanol–water partition coefficient (Wildman–Crippen LogP) is 3.67. The molecule has 1 aliphatic carbocycles. The lowest BCUT2D eigenvalue weighted by Gasteiger charge is -2.35. The van der Waals surface area contributed by atoms with E-state index in [1.54, 1.807) is 11.3 Å². The first-order valence-corrected chi connectivity index (χ1v) is 10.4. The summed E-state index contributed by atoms with van der Waals surface area (Å²) in [4.78, 5) is 24.0. The number of amides is 1. The van der Waals surface area contributed by atoms with E-state index in [1.165, 1.54) is 19.3 Å². The van der Waals surface area contributed by atoms with Gasteiger partial charge in [0.2, 0.25) is 5.91 Å². The summed E-state index contributed by atoms with van der Waals surface area (Å²) in [7, 11) is 0. The number of rotatable bonds is 4. The van der Waals surface area contributed by atoms with Crippen LogP contribution >= 0.6 is 11.3 Å². The number of carbonyl (C=O) groups is 1. The summed E-state index contributed by atoms with van der Waals surface area (Å²) in [6, 6.07) is 0.